The second kappa shape index (κ2) is 9.80. The molecule has 6 heteroatoms. The SMILES string of the molecule is COCCCNC(=O)CNC(=O)NCc1ccccc1. The van der Waals surface area contributed by atoms with Gasteiger partial charge in [-0.15, -0.1) is 0 Å². The van der Waals surface area contributed by atoms with Crippen LogP contribution in [0.4, 0.5) is 4.79 Å². The van der Waals surface area contributed by atoms with Gasteiger partial charge in [-0.05, 0) is 12.0 Å². The average molecular weight is 279 g/mol. The fourth-order valence-electron chi connectivity index (χ4n) is 1.51. The highest BCUT2D eigenvalue weighted by molar-refractivity contribution is 5.83. The fourth-order valence-corrected chi connectivity index (χ4v) is 1.51. The molecule has 3 N–H and O–H groups in total. The predicted octanol–water partition coefficient (Wildman–Crippen LogP) is 0.639. The minimum absolute atomic E-state index is 0.0341. The zero-order valence-electron chi connectivity index (χ0n) is 11.6. The molecule has 110 valence electrons. The molecule has 0 aromatic heterocycles. The number of carbonyl (C=O) groups is 2. The fraction of sp³-hybridized carbons (Fsp3) is 0.429. The van der Waals surface area contributed by atoms with E-state index in [1.54, 1.807) is 7.11 Å². The summed E-state index contributed by atoms with van der Waals surface area (Å²) in [4.78, 5) is 22.9. The first kappa shape index (κ1) is 16.0. The topological polar surface area (TPSA) is 79.5 Å². The Labute approximate surface area is 118 Å². The van der Waals surface area contributed by atoms with Gasteiger partial charge in [0, 0.05) is 26.8 Å². The average Bonchev–Trinajstić information content (AvgIpc) is 2.48. The summed E-state index contributed by atoms with van der Waals surface area (Å²) in [6.07, 6.45) is 0.752. The second-order valence-electron chi connectivity index (χ2n) is 4.22. The molecular formula is C14H21N3O3. The van der Waals surface area contributed by atoms with Gasteiger partial charge in [0.05, 0.1) is 6.54 Å². The van der Waals surface area contributed by atoms with E-state index in [0.717, 1.165) is 12.0 Å². The Morgan fingerprint density at radius 3 is 2.55 bits per heavy atom. The Bertz CT molecular complexity index is 409. The summed E-state index contributed by atoms with van der Waals surface area (Å²) >= 11 is 0. The molecule has 0 aliphatic carbocycles. The highest BCUT2D eigenvalue weighted by atomic mass is 16.5. The van der Waals surface area contributed by atoms with Gasteiger partial charge in [0.2, 0.25) is 5.91 Å². The molecule has 0 saturated carbocycles. The Morgan fingerprint density at radius 1 is 1.10 bits per heavy atom. The van der Waals surface area contributed by atoms with Crippen molar-refractivity contribution < 1.29 is 14.3 Å². The molecule has 0 heterocycles. The lowest BCUT2D eigenvalue weighted by Gasteiger charge is -2.08. The second-order valence-corrected chi connectivity index (χ2v) is 4.22. The predicted molar refractivity (Wildman–Crippen MR) is 76.2 cm³/mol. The quantitative estimate of drug-likeness (QED) is 0.611. The maximum atomic E-state index is 11.5. The van der Waals surface area contributed by atoms with Gasteiger partial charge in [0.25, 0.3) is 0 Å². The van der Waals surface area contributed by atoms with Crippen LogP contribution in [0.3, 0.4) is 0 Å². The van der Waals surface area contributed by atoms with E-state index in [2.05, 4.69) is 16.0 Å². The molecule has 0 bridgehead atoms. The van der Waals surface area contributed by atoms with Gasteiger partial charge in [-0.3, -0.25) is 4.79 Å². The molecular weight excluding hydrogens is 258 g/mol. The monoisotopic (exact) mass is 279 g/mol. The molecule has 20 heavy (non-hydrogen) atoms. The molecule has 1 aromatic carbocycles. The van der Waals surface area contributed by atoms with Crippen LogP contribution < -0.4 is 16.0 Å². The Hall–Kier alpha value is -2.08. The number of carbonyl (C=O) groups excluding carboxylic acids is 2. The van der Waals surface area contributed by atoms with E-state index in [1.165, 1.54) is 0 Å². The van der Waals surface area contributed by atoms with Gasteiger partial charge >= 0.3 is 6.03 Å². The third-order valence-corrected chi connectivity index (χ3v) is 2.55. The lowest BCUT2D eigenvalue weighted by molar-refractivity contribution is -0.120. The van der Waals surface area contributed by atoms with Crippen molar-refractivity contribution >= 4 is 11.9 Å². The number of methoxy groups -OCH3 is 1. The molecule has 0 fully saturated rings. The van der Waals surface area contributed by atoms with Crippen molar-refractivity contribution in [1.29, 1.82) is 0 Å². The van der Waals surface area contributed by atoms with Crippen LogP contribution in [0.15, 0.2) is 30.3 Å². The lowest BCUT2D eigenvalue weighted by Crippen LogP contribution is -2.42. The van der Waals surface area contributed by atoms with Crippen LogP contribution in [0.2, 0.25) is 0 Å². The van der Waals surface area contributed by atoms with E-state index >= 15 is 0 Å². The molecule has 0 spiro atoms. The van der Waals surface area contributed by atoms with E-state index in [-0.39, 0.29) is 18.5 Å². The van der Waals surface area contributed by atoms with E-state index in [0.29, 0.717) is 19.7 Å². The third kappa shape index (κ3) is 7.38. The zero-order valence-corrected chi connectivity index (χ0v) is 11.6. The number of benzene rings is 1. The molecule has 0 atom stereocenters. The Morgan fingerprint density at radius 2 is 1.85 bits per heavy atom. The molecule has 0 saturated heterocycles. The van der Waals surface area contributed by atoms with Gasteiger partial charge in [-0.1, -0.05) is 30.3 Å². The van der Waals surface area contributed by atoms with Crippen LogP contribution >= 0.6 is 0 Å². The van der Waals surface area contributed by atoms with Crippen molar-refractivity contribution in [2.45, 2.75) is 13.0 Å². The summed E-state index contributed by atoms with van der Waals surface area (Å²) in [6, 6.07) is 9.20. The number of rotatable bonds is 8. The zero-order chi connectivity index (χ0) is 14.6. The first-order chi connectivity index (χ1) is 9.72. The van der Waals surface area contributed by atoms with Crippen molar-refractivity contribution in [3.63, 3.8) is 0 Å². The van der Waals surface area contributed by atoms with Gasteiger partial charge in [0.1, 0.15) is 0 Å². The Kier molecular flexibility index (Phi) is 7.83. The minimum atomic E-state index is -0.360. The summed E-state index contributed by atoms with van der Waals surface area (Å²) in [5, 5.41) is 7.87. The lowest BCUT2D eigenvalue weighted by atomic mass is 10.2. The molecule has 6 nitrogen and oxygen atoms in total. The van der Waals surface area contributed by atoms with Crippen LogP contribution in [0, 0.1) is 0 Å². The standard InChI is InChI=1S/C14H21N3O3/c1-20-9-5-8-15-13(18)11-17-14(19)16-10-12-6-3-2-4-7-12/h2-4,6-7H,5,8-11H2,1H3,(H,15,18)(H2,16,17,19). The molecule has 3 amide bonds. The summed E-state index contributed by atoms with van der Waals surface area (Å²) in [6.45, 7) is 1.54. The molecule has 0 radical (unpaired) electrons. The maximum absolute atomic E-state index is 11.5. The number of ether oxygens (including phenoxy) is 1. The van der Waals surface area contributed by atoms with Crippen LogP contribution in [-0.2, 0) is 16.1 Å². The van der Waals surface area contributed by atoms with Crippen molar-refractivity contribution in [3.8, 4) is 0 Å². The first-order valence-electron chi connectivity index (χ1n) is 6.53. The van der Waals surface area contributed by atoms with E-state index in [4.69, 9.17) is 4.74 Å². The largest absolute Gasteiger partial charge is 0.385 e. The first-order valence-corrected chi connectivity index (χ1v) is 6.53. The molecule has 0 unspecified atom stereocenters. The van der Waals surface area contributed by atoms with Gasteiger partial charge < -0.3 is 20.7 Å². The summed E-state index contributed by atoms with van der Waals surface area (Å²) < 4.78 is 4.86. The third-order valence-electron chi connectivity index (χ3n) is 2.55. The summed E-state index contributed by atoms with van der Waals surface area (Å²) in [5.74, 6) is -0.212. The normalized spacial score (nSPS) is 9.85. The van der Waals surface area contributed by atoms with Gasteiger partial charge in [-0.2, -0.15) is 0 Å². The summed E-state index contributed by atoms with van der Waals surface area (Å²) in [7, 11) is 1.61. The van der Waals surface area contributed by atoms with Crippen LogP contribution in [0.5, 0.6) is 0 Å². The van der Waals surface area contributed by atoms with Crippen LogP contribution in [0.25, 0.3) is 0 Å². The number of amides is 3. The molecule has 0 aliphatic rings. The van der Waals surface area contributed by atoms with Crippen molar-refractivity contribution in [3.05, 3.63) is 35.9 Å². The van der Waals surface area contributed by atoms with Crippen molar-refractivity contribution in [2.24, 2.45) is 0 Å². The maximum Gasteiger partial charge on any atom is 0.315 e. The van der Waals surface area contributed by atoms with E-state index in [1.807, 2.05) is 30.3 Å². The minimum Gasteiger partial charge on any atom is -0.385 e. The molecule has 0 aliphatic heterocycles. The highest BCUT2D eigenvalue weighted by Crippen LogP contribution is 1.96. The molecule has 1 aromatic rings. The number of nitrogens with one attached hydrogen (secondary N) is 3. The van der Waals surface area contributed by atoms with Crippen LogP contribution in [0.1, 0.15) is 12.0 Å². The van der Waals surface area contributed by atoms with E-state index in [9.17, 15) is 9.59 Å². The molecule has 1 rings (SSSR count). The summed E-state index contributed by atoms with van der Waals surface area (Å²) in [5.41, 5.74) is 1.01. The van der Waals surface area contributed by atoms with Crippen molar-refractivity contribution in [1.82, 2.24) is 16.0 Å². The highest BCUT2D eigenvalue weighted by Gasteiger charge is 2.04. The van der Waals surface area contributed by atoms with Crippen LogP contribution in [-0.4, -0.2) is 38.7 Å². The van der Waals surface area contributed by atoms with E-state index < -0.39 is 0 Å². The Balaban J connectivity index is 2.09. The van der Waals surface area contributed by atoms with Gasteiger partial charge in [0.15, 0.2) is 0 Å². The van der Waals surface area contributed by atoms with Crippen molar-refractivity contribution in [2.75, 3.05) is 26.8 Å². The smallest absolute Gasteiger partial charge is 0.315 e. The number of hydrogen-bond donors (Lipinski definition) is 3. The number of urea groups is 1. The van der Waals surface area contributed by atoms with Gasteiger partial charge in [-0.25, -0.2) is 4.79 Å². The number of hydrogen-bond acceptors (Lipinski definition) is 3.